The van der Waals surface area contributed by atoms with E-state index in [1.54, 1.807) is 9.80 Å². The first-order valence-corrected chi connectivity index (χ1v) is 11.4. The first-order chi connectivity index (χ1) is 14.7. The lowest BCUT2D eigenvalue weighted by Gasteiger charge is -2.41. The van der Waals surface area contributed by atoms with Crippen molar-refractivity contribution in [2.45, 2.75) is 72.0 Å². The van der Waals surface area contributed by atoms with E-state index in [1.807, 2.05) is 65.0 Å². The summed E-state index contributed by atoms with van der Waals surface area (Å²) in [7, 11) is 0. The van der Waals surface area contributed by atoms with Crippen LogP contribution < -0.4 is 10.6 Å². The number of rotatable bonds is 8. The maximum atomic E-state index is 13.3. The zero-order valence-electron chi connectivity index (χ0n) is 19.6. The van der Waals surface area contributed by atoms with Crippen LogP contribution in [-0.2, 0) is 16.0 Å². The highest BCUT2D eigenvalue weighted by Gasteiger charge is 2.35. The molecule has 0 bridgehead atoms. The molecule has 1 heterocycles. The fourth-order valence-electron chi connectivity index (χ4n) is 3.82. The number of nitrogens with one attached hydrogen (secondary N) is 2. The average Bonchev–Trinajstić information content (AvgIpc) is 2.75. The Morgan fingerprint density at radius 2 is 1.74 bits per heavy atom. The summed E-state index contributed by atoms with van der Waals surface area (Å²) < 4.78 is 0. The quantitative estimate of drug-likeness (QED) is 0.665. The number of hydrogen-bond acceptors (Lipinski definition) is 3. The molecule has 7 heteroatoms. The minimum atomic E-state index is -0.545. The highest BCUT2D eigenvalue weighted by Crippen LogP contribution is 2.16. The first-order valence-electron chi connectivity index (χ1n) is 11.4. The molecular formula is C24H38N4O3. The Kier molecular flexibility index (Phi) is 9.34. The van der Waals surface area contributed by atoms with Gasteiger partial charge in [0.25, 0.3) is 0 Å². The number of aryl methyl sites for hydroxylation is 1. The number of piperazine rings is 1. The van der Waals surface area contributed by atoms with Crippen molar-refractivity contribution in [3.8, 4) is 0 Å². The van der Waals surface area contributed by atoms with E-state index in [0.29, 0.717) is 32.5 Å². The van der Waals surface area contributed by atoms with Crippen LogP contribution in [0.5, 0.6) is 0 Å². The standard InChI is InChI=1S/C24H38N4O3/c1-6-18(4)22(26-21(29)13-12-20-10-8-7-9-11-20)23(30)27-14-15-28(19(5)16-27)24(31)25-17(2)3/h7-11,17-19,22H,6,12-16H2,1-5H3,(H,25,31)(H,26,29). The lowest BCUT2D eigenvalue weighted by atomic mass is 9.96. The number of carbonyl (C=O) groups is 3. The molecule has 3 atom stereocenters. The predicted octanol–water partition coefficient (Wildman–Crippen LogP) is 2.80. The molecule has 172 valence electrons. The SMILES string of the molecule is CCC(C)C(NC(=O)CCc1ccccc1)C(=O)N1CCN(C(=O)NC(C)C)C(C)C1. The third kappa shape index (κ3) is 7.26. The Morgan fingerprint density at radius 1 is 1.06 bits per heavy atom. The highest BCUT2D eigenvalue weighted by molar-refractivity contribution is 5.88. The molecule has 1 fully saturated rings. The number of benzene rings is 1. The zero-order valence-corrected chi connectivity index (χ0v) is 19.6. The maximum absolute atomic E-state index is 13.3. The largest absolute Gasteiger partial charge is 0.344 e. The molecule has 4 amide bonds. The van der Waals surface area contributed by atoms with Gasteiger partial charge in [0.2, 0.25) is 11.8 Å². The summed E-state index contributed by atoms with van der Waals surface area (Å²) in [6, 6.07) is 9.22. The minimum Gasteiger partial charge on any atom is -0.344 e. The van der Waals surface area contributed by atoms with Gasteiger partial charge in [-0.1, -0.05) is 50.6 Å². The van der Waals surface area contributed by atoms with Crippen LogP contribution in [-0.4, -0.2) is 65.4 Å². The third-order valence-electron chi connectivity index (χ3n) is 5.89. The van der Waals surface area contributed by atoms with E-state index < -0.39 is 6.04 Å². The van der Waals surface area contributed by atoms with Gasteiger partial charge < -0.3 is 20.4 Å². The second kappa shape index (κ2) is 11.7. The van der Waals surface area contributed by atoms with Crippen LogP contribution in [0, 0.1) is 5.92 Å². The van der Waals surface area contributed by atoms with Crippen LogP contribution in [0.3, 0.4) is 0 Å². The monoisotopic (exact) mass is 430 g/mol. The summed E-state index contributed by atoms with van der Waals surface area (Å²) in [6.45, 7) is 11.3. The Bertz CT molecular complexity index is 738. The molecule has 1 aliphatic rings. The molecule has 0 aromatic heterocycles. The van der Waals surface area contributed by atoms with Crippen LogP contribution in [0.1, 0.15) is 53.0 Å². The molecular weight excluding hydrogens is 392 g/mol. The molecule has 3 unspecified atom stereocenters. The van der Waals surface area contributed by atoms with E-state index in [1.165, 1.54) is 0 Å². The summed E-state index contributed by atoms with van der Waals surface area (Å²) >= 11 is 0. The third-order valence-corrected chi connectivity index (χ3v) is 5.89. The molecule has 2 N–H and O–H groups in total. The fraction of sp³-hybridized carbons (Fsp3) is 0.625. The van der Waals surface area contributed by atoms with Gasteiger partial charge >= 0.3 is 6.03 Å². The molecule has 2 rings (SSSR count). The van der Waals surface area contributed by atoms with Crippen molar-refractivity contribution in [2.24, 2.45) is 5.92 Å². The smallest absolute Gasteiger partial charge is 0.317 e. The highest BCUT2D eigenvalue weighted by atomic mass is 16.2. The van der Waals surface area contributed by atoms with Gasteiger partial charge in [0.1, 0.15) is 6.04 Å². The summed E-state index contributed by atoms with van der Waals surface area (Å²) in [5, 5.41) is 5.90. The zero-order chi connectivity index (χ0) is 23.0. The Labute approximate surface area is 186 Å². The predicted molar refractivity (Wildman–Crippen MR) is 123 cm³/mol. The summed E-state index contributed by atoms with van der Waals surface area (Å²) in [5.74, 6) is -0.130. The van der Waals surface area contributed by atoms with Gasteiger partial charge in [-0.15, -0.1) is 0 Å². The van der Waals surface area contributed by atoms with E-state index in [2.05, 4.69) is 10.6 Å². The molecule has 31 heavy (non-hydrogen) atoms. The molecule has 1 aromatic carbocycles. The van der Waals surface area contributed by atoms with Crippen molar-refractivity contribution < 1.29 is 14.4 Å². The van der Waals surface area contributed by atoms with Crippen molar-refractivity contribution in [2.75, 3.05) is 19.6 Å². The second-order valence-corrected chi connectivity index (χ2v) is 8.85. The Morgan fingerprint density at radius 3 is 2.32 bits per heavy atom. The van der Waals surface area contributed by atoms with Crippen molar-refractivity contribution in [3.63, 3.8) is 0 Å². The number of urea groups is 1. The minimum absolute atomic E-state index is 0.0331. The molecule has 0 saturated carbocycles. The molecule has 0 radical (unpaired) electrons. The van der Waals surface area contributed by atoms with Gasteiger partial charge in [0.05, 0.1) is 0 Å². The lowest BCUT2D eigenvalue weighted by Crippen LogP contribution is -2.61. The van der Waals surface area contributed by atoms with Gasteiger partial charge in [0.15, 0.2) is 0 Å². The van der Waals surface area contributed by atoms with Crippen molar-refractivity contribution in [1.29, 1.82) is 0 Å². The first kappa shape index (κ1) is 24.7. The summed E-state index contributed by atoms with van der Waals surface area (Å²) in [5.41, 5.74) is 1.11. The second-order valence-electron chi connectivity index (χ2n) is 8.85. The van der Waals surface area contributed by atoms with Gasteiger partial charge in [0, 0.05) is 38.1 Å². The van der Waals surface area contributed by atoms with E-state index in [9.17, 15) is 14.4 Å². The van der Waals surface area contributed by atoms with Crippen LogP contribution in [0.15, 0.2) is 30.3 Å². The Balaban J connectivity index is 1.96. The summed E-state index contributed by atoms with van der Waals surface area (Å²) in [4.78, 5) is 41.8. The molecule has 1 saturated heterocycles. The molecule has 7 nitrogen and oxygen atoms in total. The van der Waals surface area contributed by atoms with Crippen LogP contribution in [0.25, 0.3) is 0 Å². The van der Waals surface area contributed by atoms with Gasteiger partial charge in [-0.25, -0.2) is 4.79 Å². The number of amides is 4. The van der Waals surface area contributed by atoms with Crippen LogP contribution >= 0.6 is 0 Å². The number of nitrogens with zero attached hydrogens (tertiary/aromatic N) is 2. The van der Waals surface area contributed by atoms with Crippen molar-refractivity contribution in [1.82, 2.24) is 20.4 Å². The number of carbonyl (C=O) groups excluding carboxylic acids is 3. The maximum Gasteiger partial charge on any atom is 0.317 e. The molecule has 1 aromatic rings. The fourth-order valence-corrected chi connectivity index (χ4v) is 3.82. The van der Waals surface area contributed by atoms with Crippen LogP contribution in [0.4, 0.5) is 4.79 Å². The molecule has 0 spiro atoms. The van der Waals surface area contributed by atoms with E-state index in [4.69, 9.17) is 0 Å². The van der Waals surface area contributed by atoms with Crippen LogP contribution in [0.2, 0.25) is 0 Å². The van der Waals surface area contributed by atoms with E-state index in [0.717, 1.165) is 12.0 Å². The van der Waals surface area contributed by atoms with E-state index in [-0.39, 0.29) is 35.8 Å². The Hall–Kier alpha value is -2.57. The molecule has 1 aliphatic heterocycles. The lowest BCUT2D eigenvalue weighted by molar-refractivity contribution is -0.140. The van der Waals surface area contributed by atoms with Gasteiger partial charge in [-0.2, -0.15) is 0 Å². The van der Waals surface area contributed by atoms with Gasteiger partial charge in [-0.05, 0) is 38.7 Å². The van der Waals surface area contributed by atoms with Gasteiger partial charge in [-0.3, -0.25) is 9.59 Å². The average molecular weight is 431 g/mol. The van der Waals surface area contributed by atoms with Crippen molar-refractivity contribution >= 4 is 17.8 Å². The molecule has 0 aliphatic carbocycles. The van der Waals surface area contributed by atoms with Crippen molar-refractivity contribution in [3.05, 3.63) is 35.9 Å². The summed E-state index contributed by atoms with van der Waals surface area (Å²) in [6.07, 6.45) is 1.79. The number of hydrogen-bond donors (Lipinski definition) is 2. The van der Waals surface area contributed by atoms with E-state index >= 15 is 0 Å². The topological polar surface area (TPSA) is 81.8 Å². The normalized spacial score (nSPS) is 18.5.